The van der Waals surface area contributed by atoms with Crippen molar-refractivity contribution in [2.75, 3.05) is 19.8 Å². The second kappa shape index (κ2) is 8.04. The highest BCUT2D eigenvalue weighted by molar-refractivity contribution is 7.09. The van der Waals surface area contributed by atoms with Crippen LogP contribution in [0.5, 0.6) is 5.88 Å². The Kier molecular flexibility index (Phi) is 5.56. The summed E-state index contributed by atoms with van der Waals surface area (Å²) in [4.78, 5) is 31.1. The van der Waals surface area contributed by atoms with E-state index in [1.54, 1.807) is 12.1 Å². The quantitative estimate of drug-likeness (QED) is 0.764. The molecule has 2 aromatic rings. The highest BCUT2D eigenvalue weighted by Crippen LogP contribution is 2.16. The minimum atomic E-state index is -1.05. The molecule has 132 valence electrons. The standard InChI is InChI=1S/C16H17N3O5S/c20-15(18-5-2-14-19-12(9-25-14)16(21)22)10-1-4-17-13(7-10)24-11-3-6-23-8-11/h1,4,7,9,11H,2-3,5-6,8H2,(H,18,20)(H,21,22). The summed E-state index contributed by atoms with van der Waals surface area (Å²) in [5, 5.41) is 13.8. The van der Waals surface area contributed by atoms with Crippen molar-refractivity contribution in [1.29, 1.82) is 0 Å². The molecule has 2 N–H and O–H groups in total. The first-order chi connectivity index (χ1) is 12.1. The van der Waals surface area contributed by atoms with E-state index in [1.165, 1.54) is 22.9 Å². The molecule has 0 aromatic carbocycles. The van der Waals surface area contributed by atoms with Crippen molar-refractivity contribution in [3.63, 3.8) is 0 Å². The third-order valence-corrected chi connectivity index (χ3v) is 4.48. The number of pyridine rings is 1. The fraction of sp³-hybridized carbons (Fsp3) is 0.375. The first kappa shape index (κ1) is 17.3. The molecule has 3 rings (SSSR count). The smallest absolute Gasteiger partial charge is 0.355 e. The summed E-state index contributed by atoms with van der Waals surface area (Å²) >= 11 is 1.26. The number of aromatic carboxylic acids is 1. The molecule has 1 atom stereocenters. The predicted molar refractivity (Wildman–Crippen MR) is 89.2 cm³/mol. The number of carbonyl (C=O) groups excluding carboxylic acids is 1. The first-order valence-corrected chi connectivity index (χ1v) is 8.66. The van der Waals surface area contributed by atoms with Crippen LogP contribution in [0, 0.1) is 0 Å². The third-order valence-electron chi connectivity index (χ3n) is 3.57. The lowest BCUT2D eigenvalue weighted by Crippen LogP contribution is -2.26. The average Bonchev–Trinajstić information content (AvgIpc) is 3.27. The van der Waals surface area contributed by atoms with Crippen LogP contribution in [0.1, 0.15) is 32.3 Å². The van der Waals surface area contributed by atoms with E-state index < -0.39 is 5.97 Å². The van der Waals surface area contributed by atoms with E-state index >= 15 is 0 Å². The molecule has 25 heavy (non-hydrogen) atoms. The van der Waals surface area contributed by atoms with Gasteiger partial charge in [0.1, 0.15) is 6.10 Å². The predicted octanol–water partition coefficient (Wildman–Crippen LogP) is 1.38. The number of hydrogen-bond acceptors (Lipinski definition) is 7. The second-order valence-electron chi connectivity index (χ2n) is 5.42. The summed E-state index contributed by atoms with van der Waals surface area (Å²) in [6, 6.07) is 3.21. The van der Waals surface area contributed by atoms with Crippen LogP contribution in [-0.4, -0.2) is 52.8 Å². The van der Waals surface area contributed by atoms with Gasteiger partial charge in [0, 0.05) is 42.6 Å². The Morgan fingerprint density at radius 3 is 3.08 bits per heavy atom. The molecule has 1 saturated heterocycles. The van der Waals surface area contributed by atoms with Gasteiger partial charge >= 0.3 is 5.97 Å². The summed E-state index contributed by atoms with van der Waals surface area (Å²) < 4.78 is 10.9. The molecule has 8 nitrogen and oxygen atoms in total. The monoisotopic (exact) mass is 363 g/mol. The lowest BCUT2D eigenvalue weighted by atomic mass is 10.2. The van der Waals surface area contributed by atoms with Crippen LogP contribution in [0.25, 0.3) is 0 Å². The molecule has 1 amide bonds. The van der Waals surface area contributed by atoms with E-state index in [4.69, 9.17) is 14.6 Å². The number of thiazole rings is 1. The Morgan fingerprint density at radius 1 is 1.48 bits per heavy atom. The Balaban J connectivity index is 1.51. The van der Waals surface area contributed by atoms with Gasteiger partial charge in [0.2, 0.25) is 5.88 Å². The van der Waals surface area contributed by atoms with Crippen molar-refractivity contribution in [2.24, 2.45) is 0 Å². The molecule has 1 unspecified atom stereocenters. The number of aromatic nitrogens is 2. The maximum Gasteiger partial charge on any atom is 0.355 e. The molecule has 1 fully saturated rings. The summed E-state index contributed by atoms with van der Waals surface area (Å²) in [5.41, 5.74) is 0.479. The number of carbonyl (C=O) groups is 2. The third kappa shape index (κ3) is 4.74. The summed E-state index contributed by atoms with van der Waals surface area (Å²) in [6.07, 6.45) is 2.78. The number of nitrogens with zero attached hydrogens (tertiary/aromatic N) is 2. The fourth-order valence-corrected chi connectivity index (χ4v) is 3.07. The topological polar surface area (TPSA) is 111 Å². The molecular weight excluding hydrogens is 346 g/mol. The van der Waals surface area contributed by atoms with Crippen LogP contribution in [0.3, 0.4) is 0 Å². The van der Waals surface area contributed by atoms with Gasteiger partial charge in [0.05, 0.1) is 18.2 Å². The lowest BCUT2D eigenvalue weighted by molar-refractivity contribution is 0.0690. The Labute approximate surface area is 147 Å². The van der Waals surface area contributed by atoms with E-state index in [9.17, 15) is 9.59 Å². The number of hydrogen-bond donors (Lipinski definition) is 2. The summed E-state index contributed by atoms with van der Waals surface area (Å²) in [5.74, 6) is -0.900. The maximum absolute atomic E-state index is 12.2. The maximum atomic E-state index is 12.2. The minimum Gasteiger partial charge on any atom is -0.476 e. The van der Waals surface area contributed by atoms with Crippen molar-refractivity contribution < 1.29 is 24.2 Å². The van der Waals surface area contributed by atoms with Crippen molar-refractivity contribution >= 4 is 23.2 Å². The molecule has 0 saturated carbocycles. The largest absolute Gasteiger partial charge is 0.476 e. The van der Waals surface area contributed by atoms with Crippen LogP contribution < -0.4 is 10.1 Å². The molecule has 0 bridgehead atoms. The molecule has 1 aliphatic rings. The Hall–Kier alpha value is -2.52. The van der Waals surface area contributed by atoms with Gasteiger partial charge in [0.15, 0.2) is 5.69 Å². The second-order valence-corrected chi connectivity index (χ2v) is 6.37. The normalized spacial score (nSPS) is 16.6. The minimum absolute atomic E-state index is 0.0261. The highest BCUT2D eigenvalue weighted by atomic mass is 32.1. The van der Waals surface area contributed by atoms with Gasteiger partial charge in [-0.25, -0.2) is 14.8 Å². The molecule has 0 radical (unpaired) electrons. The van der Waals surface area contributed by atoms with Gasteiger partial charge in [-0.05, 0) is 6.07 Å². The molecule has 0 aliphatic carbocycles. The summed E-state index contributed by atoms with van der Waals surface area (Å²) in [7, 11) is 0. The van der Waals surface area contributed by atoms with Crippen LogP contribution in [0.15, 0.2) is 23.7 Å². The molecular formula is C16H17N3O5S. The van der Waals surface area contributed by atoms with Crippen molar-refractivity contribution in [2.45, 2.75) is 18.9 Å². The first-order valence-electron chi connectivity index (χ1n) is 7.78. The number of rotatable bonds is 7. The van der Waals surface area contributed by atoms with Gasteiger partial charge in [-0.2, -0.15) is 0 Å². The van der Waals surface area contributed by atoms with Gasteiger partial charge in [0.25, 0.3) is 5.91 Å². The Morgan fingerprint density at radius 2 is 2.36 bits per heavy atom. The zero-order valence-electron chi connectivity index (χ0n) is 13.3. The SMILES string of the molecule is O=C(NCCc1nc(C(=O)O)cs1)c1ccnc(OC2CCOC2)c1. The van der Waals surface area contributed by atoms with E-state index in [0.717, 1.165) is 6.42 Å². The molecule has 0 spiro atoms. The lowest BCUT2D eigenvalue weighted by Gasteiger charge is -2.11. The van der Waals surface area contributed by atoms with E-state index in [-0.39, 0.29) is 17.7 Å². The fourth-order valence-electron chi connectivity index (χ4n) is 2.30. The van der Waals surface area contributed by atoms with Crippen LogP contribution in [-0.2, 0) is 11.2 Å². The molecule has 1 aliphatic heterocycles. The Bertz CT molecular complexity index is 758. The molecule has 3 heterocycles. The number of carboxylic acid groups (broad SMARTS) is 1. The summed E-state index contributed by atoms with van der Waals surface area (Å²) in [6.45, 7) is 1.57. The van der Waals surface area contributed by atoms with Gasteiger partial charge in [-0.15, -0.1) is 11.3 Å². The number of amides is 1. The zero-order valence-corrected chi connectivity index (χ0v) is 14.1. The van der Waals surface area contributed by atoms with Gasteiger partial charge in [-0.1, -0.05) is 0 Å². The van der Waals surface area contributed by atoms with Crippen LogP contribution in [0.2, 0.25) is 0 Å². The highest BCUT2D eigenvalue weighted by Gasteiger charge is 2.18. The van der Waals surface area contributed by atoms with Crippen LogP contribution in [0.4, 0.5) is 0 Å². The average molecular weight is 363 g/mol. The zero-order chi connectivity index (χ0) is 17.6. The van der Waals surface area contributed by atoms with Crippen molar-refractivity contribution in [3.8, 4) is 5.88 Å². The van der Waals surface area contributed by atoms with Gasteiger partial charge < -0.3 is 19.9 Å². The molecule has 9 heteroatoms. The van der Waals surface area contributed by atoms with Crippen molar-refractivity contribution in [3.05, 3.63) is 40.0 Å². The van der Waals surface area contributed by atoms with E-state index in [2.05, 4.69) is 15.3 Å². The van der Waals surface area contributed by atoms with Crippen LogP contribution >= 0.6 is 11.3 Å². The van der Waals surface area contributed by atoms with E-state index in [1.807, 2.05) is 0 Å². The number of nitrogens with one attached hydrogen (secondary N) is 1. The number of ether oxygens (including phenoxy) is 2. The van der Waals surface area contributed by atoms with E-state index in [0.29, 0.717) is 42.6 Å². The van der Waals surface area contributed by atoms with Crippen molar-refractivity contribution in [1.82, 2.24) is 15.3 Å². The number of carboxylic acids is 1. The molecule has 2 aromatic heterocycles. The van der Waals surface area contributed by atoms with Gasteiger partial charge in [-0.3, -0.25) is 4.79 Å².